The number of hydrogen-bond donors (Lipinski definition) is 1. The summed E-state index contributed by atoms with van der Waals surface area (Å²) in [6, 6.07) is 24.5. The van der Waals surface area contributed by atoms with Gasteiger partial charge >= 0.3 is 0 Å². The first kappa shape index (κ1) is 27.6. The molecule has 8 nitrogen and oxygen atoms in total. The molecule has 1 fully saturated rings. The summed E-state index contributed by atoms with van der Waals surface area (Å²) < 4.78 is 12.9. The highest BCUT2D eigenvalue weighted by molar-refractivity contribution is 6.00. The molecule has 0 radical (unpaired) electrons. The highest BCUT2D eigenvalue weighted by Gasteiger charge is 2.16. The van der Waals surface area contributed by atoms with Crippen LogP contribution in [0.2, 0.25) is 0 Å². The van der Waals surface area contributed by atoms with Crippen molar-refractivity contribution in [3.63, 3.8) is 0 Å². The number of carbonyl (C=O) groups is 1. The standard InChI is InChI=1S/C34H35N5O3/c1-3-28-21-33(37-23-36-28)39-22-31(30-13-10-27(20-32(30)39)24-8-11-29(41-2)12-9-24)25-4-6-26(7-5-25)34(40)35-14-15-38-16-18-42-19-17-38/h4-13,20-23H,3,14-19H2,1-2H3,(H,35,40). The third-order valence-electron chi connectivity index (χ3n) is 7.82. The zero-order chi connectivity index (χ0) is 28.9. The van der Waals surface area contributed by atoms with E-state index in [2.05, 4.69) is 68.2 Å². The number of morpholine rings is 1. The summed E-state index contributed by atoms with van der Waals surface area (Å²) in [5.74, 6) is 1.59. The van der Waals surface area contributed by atoms with Crippen LogP contribution in [0.3, 0.4) is 0 Å². The number of aromatic nitrogens is 3. The normalized spacial score (nSPS) is 13.8. The molecule has 3 aromatic carbocycles. The van der Waals surface area contributed by atoms with Gasteiger partial charge in [0.25, 0.3) is 5.91 Å². The Hall–Kier alpha value is -4.53. The van der Waals surface area contributed by atoms with Crippen molar-refractivity contribution in [3.05, 3.63) is 96.6 Å². The van der Waals surface area contributed by atoms with Crippen molar-refractivity contribution in [2.45, 2.75) is 13.3 Å². The van der Waals surface area contributed by atoms with E-state index < -0.39 is 0 Å². The Bertz CT molecular complexity index is 1670. The van der Waals surface area contributed by atoms with E-state index in [4.69, 9.17) is 9.47 Å². The molecule has 42 heavy (non-hydrogen) atoms. The van der Waals surface area contributed by atoms with Crippen LogP contribution >= 0.6 is 0 Å². The minimum Gasteiger partial charge on any atom is -0.497 e. The van der Waals surface area contributed by atoms with Gasteiger partial charge in [0, 0.05) is 60.6 Å². The van der Waals surface area contributed by atoms with E-state index in [0.29, 0.717) is 12.1 Å². The van der Waals surface area contributed by atoms with E-state index in [-0.39, 0.29) is 5.91 Å². The highest BCUT2D eigenvalue weighted by Crippen LogP contribution is 2.35. The predicted octanol–water partition coefficient (Wildman–Crippen LogP) is 5.39. The number of ether oxygens (including phenoxy) is 2. The molecule has 8 heteroatoms. The summed E-state index contributed by atoms with van der Waals surface area (Å²) in [6.07, 6.45) is 4.58. The van der Waals surface area contributed by atoms with E-state index in [9.17, 15) is 4.79 Å². The number of carbonyl (C=O) groups excluding carboxylic acids is 1. The minimum atomic E-state index is -0.0607. The Labute approximate surface area is 245 Å². The number of aryl methyl sites for hydroxylation is 1. The summed E-state index contributed by atoms with van der Waals surface area (Å²) in [5.41, 5.74) is 6.99. The summed E-state index contributed by atoms with van der Waals surface area (Å²) in [4.78, 5) is 24.2. The van der Waals surface area contributed by atoms with Crippen molar-refractivity contribution < 1.29 is 14.3 Å². The number of amides is 1. The largest absolute Gasteiger partial charge is 0.497 e. The maximum atomic E-state index is 12.8. The fourth-order valence-electron chi connectivity index (χ4n) is 5.38. The minimum absolute atomic E-state index is 0.0607. The van der Waals surface area contributed by atoms with Crippen molar-refractivity contribution in [1.29, 1.82) is 0 Å². The van der Waals surface area contributed by atoms with E-state index >= 15 is 0 Å². The molecule has 0 spiro atoms. The van der Waals surface area contributed by atoms with E-state index in [0.717, 1.165) is 89.7 Å². The van der Waals surface area contributed by atoms with Crippen molar-refractivity contribution >= 4 is 16.8 Å². The summed E-state index contributed by atoms with van der Waals surface area (Å²) >= 11 is 0. The molecule has 3 heterocycles. The highest BCUT2D eigenvalue weighted by atomic mass is 16.5. The zero-order valence-electron chi connectivity index (χ0n) is 24.0. The predicted molar refractivity (Wildman–Crippen MR) is 165 cm³/mol. The van der Waals surface area contributed by atoms with Gasteiger partial charge in [-0.1, -0.05) is 43.3 Å². The molecule has 0 bridgehead atoms. The maximum absolute atomic E-state index is 12.8. The summed E-state index contributed by atoms with van der Waals surface area (Å²) in [6.45, 7) is 6.87. The number of nitrogens with zero attached hydrogens (tertiary/aromatic N) is 4. The molecule has 1 aliphatic rings. The van der Waals surface area contributed by atoms with Crippen molar-refractivity contribution in [1.82, 2.24) is 24.8 Å². The zero-order valence-corrected chi connectivity index (χ0v) is 24.0. The molecule has 5 aromatic rings. The van der Waals surface area contributed by atoms with Gasteiger partial charge < -0.3 is 19.4 Å². The lowest BCUT2D eigenvalue weighted by Gasteiger charge is -2.26. The van der Waals surface area contributed by atoms with Crippen molar-refractivity contribution in [3.8, 4) is 33.8 Å². The quantitative estimate of drug-likeness (QED) is 0.260. The van der Waals surface area contributed by atoms with Crippen LogP contribution in [0.4, 0.5) is 0 Å². The number of rotatable bonds is 9. The molecule has 1 aliphatic heterocycles. The van der Waals surface area contributed by atoms with Crippen LogP contribution in [0.15, 0.2) is 85.3 Å². The monoisotopic (exact) mass is 561 g/mol. The molecule has 0 aliphatic carbocycles. The lowest BCUT2D eigenvalue weighted by Crippen LogP contribution is -2.41. The molecule has 1 N–H and O–H groups in total. The molecule has 6 rings (SSSR count). The molecule has 1 amide bonds. The van der Waals surface area contributed by atoms with Crippen LogP contribution in [0.1, 0.15) is 23.0 Å². The SMILES string of the molecule is CCc1cc(-n2cc(-c3ccc(C(=O)NCCN4CCOCC4)cc3)c3ccc(-c4ccc(OC)cc4)cc32)ncn1. The number of hydrogen-bond acceptors (Lipinski definition) is 6. The van der Waals surface area contributed by atoms with Crippen LogP contribution in [0.5, 0.6) is 5.75 Å². The Kier molecular flexibility index (Phi) is 8.26. The van der Waals surface area contributed by atoms with E-state index in [1.165, 1.54) is 0 Å². The van der Waals surface area contributed by atoms with Gasteiger partial charge in [0.1, 0.15) is 17.9 Å². The Morgan fingerprint density at radius 1 is 0.929 bits per heavy atom. The second-order valence-electron chi connectivity index (χ2n) is 10.4. The first-order valence-corrected chi connectivity index (χ1v) is 14.4. The molecular weight excluding hydrogens is 526 g/mol. The third-order valence-corrected chi connectivity index (χ3v) is 7.82. The average molecular weight is 562 g/mol. The lowest BCUT2D eigenvalue weighted by molar-refractivity contribution is 0.0383. The second kappa shape index (κ2) is 12.5. The molecule has 0 saturated carbocycles. The fraction of sp³-hybridized carbons (Fsp3) is 0.265. The maximum Gasteiger partial charge on any atom is 0.251 e. The van der Waals surface area contributed by atoms with Gasteiger partial charge in [0.05, 0.1) is 25.8 Å². The van der Waals surface area contributed by atoms with Crippen LogP contribution in [0, 0.1) is 0 Å². The van der Waals surface area contributed by atoms with E-state index in [1.54, 1.807) is 13.4 Å². The lowest BCUT2D eigenvalue weighted by atomic mass is 10.00. The van der Waals surface area contributed by atoms with Crippen LogP contribution in [-0.4, -0.2) is 71.8 Å². The molecule has 1 saturated heterocycles. The average Bonchev–Trinajstić information content (AvgIpc) is 3.44. The van der Waals surface area contributed by atoms with Gasteiger partial charge in [-0.15, -0.1) is 0 Å². The smallest absolute Gasteiger partial charge is 0.251 e. The molecule has 2 aromatic heterocycles. The van der Waals surface area contributed by atoms with E-state index in [1.807, 2.05) is 42.5 Å². The molecule has 0 unspecified atom stereocenters. The van der Waals surface area contributed by atoms with Crippen molar-refractivity contribution in [2.24, 2.45) is 0 Å². The van der Waals surface area contributed by atoms with Gasteiger partial charge in [-0.3, -0.25) is 9.69 Å². The Morgan fingerprint density at radius 3 is 2.40 bits per heavy atom. The number of methoxy groups -OCH3 is 1. The topological polar surface area (TPSA) is 81.5 Å². The Balaban J connectivity index is 1.30. The Morgan fingerprint density at radius 2 is 1.67 bits per heavy atom. The summed E-state index contributed by atoms with van der Waals surface area (Å²) in [7, 11) is 1.67. The van der Waals surface area contributed by atoms with Gasteiger partial charge in [-0.2, -0.15) is 0 Å². The van der Waals surface area contributed by atoms with Gasteiger partial charge in [-0.25, -0.2) is 9.97 Å². The van der Waals surface area contributed by atoms with Crippen molar-refractivity contribution in [2.75, 3.05) is 46.5 Å². The number of nitrogens with one attached hydrogen (secondary N) is 1. The molecular formula is C34H35N5O3. The first-order chi connectivity index (χ1) is 20.6. The molecule has 214 valence electrons. The fourth-order valence-corrected chi connectivity index (χ4v) is 5.38. The number of benzene rings is 3. The van der Waals surface area contributed by atoms with Gasteiger partial charge in [0.15, 0.2) is 0 Å². The third kappa shape index (κ3) is 5.91. The van der Waals surface area contributed by atoms with Crippen LogP contribution in [-0.2, 0) is 11.2 Å². The second-order valence-corrected chi connectivity index (χ2v) is 10.4. The summed E-state index contributed by atoms with van der Waals surface area (Å²) in [5, 5.41) is 4.16. The van der Waals surface area contributed by atoms with Crippen LogP contribution < -0.4 is 10.1 Å². The first-order valence-electron chi connectivity index (χ1n) is 14.4. The molecule has 0 atom stereocenters. The van der Waals surface area contributed by atoms with Gasteiger partial charge in [0.2, 0.25) is 0 Å². The van der Waals surface area contributed by atoms with Crippen LogP contribution in [0.25, 0.3) is 39.0 Å². The number of fused-ring (bicyclic) bond motifs is 1. The van der Waals surface area contributed by atoms with Gasteiger partial charge in [-0.05, 0) is 53.4 Å².